The average Bonchev–Trinajstić information content (AvgIpc) is 3.50. The number of ether oxygens (including phenoxy) is 4. The van der Waals surface area contributed by atoms with Gasteiger partial charge in [-0.3, -0.25) is 0 Å². The largest absolute Gasteiger partial charge is 0.496 e. The fourth-order valence-electron chi connectivity index (χ4n) is 5.89. The van der Waals surface area contributed by atoms with Crippen molar-refractivity contribution in [3.8, 4) is 17.0 Å². The summed E-state index contributed by atoms with van der Waals surface area (Å²) < 4.78 is 23.0. The standard InChI is InChI=1S/C30H40N6O4/c1-20-18-36(19-21(2)40-20)30-33-28-25(29(34-30)35-10-13-38-14-11-35)7-8-26(32-28)22-6-9-27(37-3)23(15-22)16-31-17-24-5-4-12-39-24/h6-9,15,20-21,24,31H,4-5,10-14,16-19H2,1-3H3. The van der Waals surface area contributed by atoms with E-state index in [-0.39, 0.29) is 12.2 Å². The van der Waals surface area contributed by atoms with Crippen molar-refractivity contribution in [3.63, 3.8) is 0 Å². The highest BCUT2D eigenvalue weighted by molar-refractivity contribution is 5.90. The van der Waals surface area contributed by atoms with Crippen LogP contribution in [-0.2, 0) is 20.8 Å². The third kappa shape index (κ3) is 6.00. The summed E-state index contributed by atoms with van der Waals surface area (Å²) in [5, 5.41) is 4.50. The van der Waals surface area contributed by atoms with Gasteiger partial charge in [0.2, 0.25) is 5.95 Å². The Balaban J connectivity index is 1.33. The van der Waals surface area contributed by atoms with Crippen LogP contribution in [0.25, 0.3) is 22.3 Å². The maximum atomic E-state index is 5.97. The predicted octanol–water partition coefficient (Wildman–Crippen LogP) is 3.42. The molecule has 10 nitrogen and oxygen atoms in total. The van der Waals surface area contributed by atoms with E-state index in [0.29, 0.717) is 37.5 Å². The van der Waals surface area contributed by atoms with Crippen LogP contribution in [0.2, 0.25) is 0 Å². The van der Waals surface area contributed by atoms with Crippen molar-refractivity contribution >= 4 is 22.8 Å². The minimum absolute atomic E-state index is 0.112. The van der Waals surface area contributed by atoms with Crippen molar-refractivity contribution in [2.45, 2.75) is 51.5 Å². The number of fused-ring (bicyclic) bond motifs is 1. The Morgan fingerprint density at radius 2 is 1.80 bits per heavy atom. The quantitative estimate of drug-likeness (QED) is 0.451. The van der Waals surface area contributed by atoms with Gasteiger partial charge in [0.05, 0.1) is 49.7 Å². The first-order valence-corrected chi connectivity index (χ1v) is 14.5. The van der Waals surface area contributed by atoms with E-state index in [1.54, 1.807) is 7.11 Å². The molecular weight excluding hydrogens is 508 g/mol. The van der Waals surface area contributed by atoms with Crippen LogP contribution >= 0.6 is 0 Å². The van der Waals surface area contributed by atoms with Crippen molar-refractivity contribution in [2.24, 2.45) is 0 Å². The molecule has 5 heterocycles. The molecule has 3 atom stereocenters. The molecule has 0 aliphatic carbocycles. The van der Waals surface area contributed by atoms with Crippen LogP contribution in [0.15, 0.2) is 30.3 Å². The SMILES string of the molecule is COc1ccc(-c2ccc3c(N4CCOCC4)nc(N4CC(C)OC(C)C4)nc3n2)cc1CNCC1CCCO1. The molecule has 3 aliphatic heterocycles. The lowest BCUT2D eigenvalue weighted by Crippen LogP contribution is -2.46. The van der Waals surface area contributed by atoms with Crippen molar-refractivity contribution in [1.29, 1.82) is 0 Å². The molecular formula is C30H40N6O4. The summed E-state index contributed by atoms with van der Waals surface area (Å²) in [5.74, 6) is 2.48. The van der Waals surface area contributed by atoms with Gasteiger partial charge in [0, 0.05) is 57.0 Å². The number of anilines is 2. The fraction of sp³-hybridized carbons (Fsp3) is 0.567. The van der Waals surface area contributed by atoms with Crippen molar-refractivity contribution in [1.82, 2.24) is 20.3 Å². The lowest BCUT2D eigenvalue weighted by Gasteiger charge is -2.36. The summed E-state index contributed by atoms with van der Waals surface area (Å²) in [7, 11) is 1.71. The van der Waals surface area contributed by atoms with E-state index >= 15 is 0 Å². The summed E-state index contributed by atoms with van der Waals surface area (Å²) in [4.78, 5) is 19.7. The number of morpholine rings is 2. The van der Waals surface area contributed by atoms with E-state index in [4.69, 9.17) is 33.9 Å². The minimum atomic E-state index is 0.112. The Kier molecular flexibility index (Phi) is 8.29. The minimum Gasteiger partial charge on any atom is -0.496 e. The van der Waals surface area contributed by atoms with Crippen LogP contribution < -0.4 is 19.9 Å². The highest BCUT2D eigenvalue weighted by Gasteiger charge is 2.27. The van der Waals surface area contributed by atoms with Crippen LogP contribution in [0, 0.1) is 0 Å². The smallest absolute Gasteiger partial charge is 0.229 e. The third-order valence-electron chi connectivity index (χ3n) is 7.83. The summed E-state index contributed by atoms with van der Waals surface area (Å²) in [5.41, 5.74) is 3.69. The van der Waals surface area contributed by atoms with E-state index < -0.39 is 0 Å². The molecule has 2 aromatic heterocycles. The molecule has 0 amide bonds. The molecule has 0 bridgehead atoms. The molecule has 40 heavy (non-hydrogen) atoms. The van der Waals surface area contributed by atoms with Crippen molar-refractivity contribution < 1.29 is 18.9 Å². The average molecular weight is 549 g/mol. The van der Waals surface area contributed by atoms with Crippen LogP contribution in [0.1, 0.15) is 32.3 Å². The number of aromatic nitrogens is 3. The number of methoxy groups -OCH3 is 1. The van der Waals surface area contributed by atoms with Gasteiger partial charge in [-0.05, 0) is 57.0 Å². The number of nitrogens with zero attached hydrogens (tertiary/aromatic N) is 5. The summed E-state index contributed by atoms with van der Waals surface area (Å²) in [6, 6.07) is 10.4. The molecule has 3 aromatic rings. The zero-order chi connectivity index (χ0) is 27.5. The van der Waals surface area contributed by atoms with Crippen molar-refractivity contribution in [2.75, 3.05) is 69.5 Å². The Morgan fingerprint density at radius 1 is 0.975 bits per heavy atom. The van der Waals surface area contributed by atoms with Crippen LogP contribution in [-0.4, -0.2) is 92.9 Å². The molecule has 3 saturated heterocycles. The van der Waals surface area contributed by atoms with Gasteiger partial charge in [-0.25, -0.2) is 4.98 Å². The molecule has 3 unspecified atom stereocenters. The zero-order valence-corrected chi connectivity index (χ0v) is 23.8. The second kappa shape index (κ2) is 12.2. The highest BCUT2D eigenvalue weighted by Crippen LogP contribution is 2.31. The van der Waals surface area contributed by atoms with E-state index in [1.807, 2.05) is 6.07 Å². The lowest BCUT2D eigenvalue weighted by molar-refractivity contribution is -0.00570. The molecule has 3 aliphatic rings. The summed E-state index contributed by atoms with van der Waals surface area (Å²) in [6.45, 7) is 11.1. The molecule has 214 valence electrons. The van der Waals surface area contributed by atoms with Gasteiger partial charge in [0.25, 0.3) is 0 Å². The number of hydrogen-bond donors (Lipinski definition) is 1. The predicted molar refractivity (Wildman–Crippen MR) is 155 cm³/mol. The molecule has 1 aromatic carbocycles. The second-order valence-corrected chi connectivity index (χ2v) is 11.0. The molecule has 0 spiro atoms. The van der Waals surface area contributed by atoms with Gasteiger partial charge in [-0.15, -0.1) is 0 Å². The first-order chi connectivity index (χ1) is 19.6. The summed E-state index contributed by atoms with van der Waals surface area (Å²) >= 11 is 0. The molecule has 1 N–H and O–H groups in total. The first-order valence-electron chi connectivity index (χ1n) is 14.5. The van der Waals surface area contributed by atoms with Crippen LogP contribution in [0.5, 0.6) is 5.75 Å². The lowest BCUT2D eigenvalue weighted by atomic mass is 10.1. The Labute approximate surface area is 236 Å². The second-order valence-electron chi connectivity index (χ2n) is 11.0. The monoisotopic (exact) mass is 548 g/mol. The Morgan fingerprint density at radius 3 is 2.55 bits per heavy atom. The van der Waals surface area contributed by atoms with Gasteiger partial charge >= 0.3 is 0 Å². The number of nitrogens with one attached hydrogen (secondary N) is 1. The van der Waals surface area contributed by atoms with Gasteiger partial charge in [-0.2, -0.15) is 9.97 Å². The number of benzene rings is 1. The third-order valence-corrected chi connectivity index (χ3v) is 7.83. The van der Waals surface area contributed by atoms with Gasteiger partial charge in [0.1, 0.15) is 11.6 Å². The number of rotatable bonds is 8. The van der Waals surface area contributed by atoms with E-state index in [1.165, 1.54) is 0 Å². The number of pyridine rings is 1. The number of hydrogen-bond acceptors (Lipinski definition) is 10. The summed E-state index contributed by atoms with van der Waals surface area (Å²) in [6.07, 6.45) is 2.77. The van der Waals surface area contributed by atoms with E-state index in [0.717, 1.165) is 85.9 Å². The van der Waals surface area contributed by atoms with Gasteiger partial charge in [-0.1, -0.05) is 0 Å². The Bertz CT molecular complexity index is 1300. The van der Waals surface area contributed by atoms with Gasteiger partial charge in [0.15, 0.2) is 5.65 Å². The maximum Gasteiger partial charge on any atom is 0.229 e. The van der Waals surface area contributed by atoms with E-state index in [2.05, 4.69) is 53.2 Å². The molecule has 3 fully saturated rings. The van der Waals surface area contributed by atoms with Gasteiger partial charge < -0.3 is 34.1 Å². The zero-order valence-electron chi connectivity index (χ0n) is 23.8. The molecule has 0 radical (unpaired) electrons. The van der Waals surface area contributed by atoms with Crippen molar-refractivity contribution in [3.05, 3.63) is 35.9 Å². The van der Waals surface area contributed by atoms with E-state index in [9.17, 15) is 0 Å². The first kappa shape index (κ1) is 27.1. The molecule has 6 rings (SSSR count). The van der Waals surface area contributed by atoms with Crippen LogP contribution in [0.3, 0.4) is 0 Å². The normalized spacial score (nSPS) is 23.6. The maximum absolute atomic E-state index is 5.97. The fourth-order valence-corrected chi connectivity index (χ4v) is 5.89. The Hall–Kier alpha value is -3.05. The topological polar surface area (TPSA) is 94.1 Å². The molecule has 10 heteroatoms. The highest BCUT2D eigenvalue weighted by atomic mass is 16.5. The molecule has 0 saturated carbocycles. The van der Waals surface area contributed by atoms with Crippen LogP contribution in [0.4, 0.5) is 11.8 Å².